The van der Waals surface area contributed by atoms with Crippen LogP contribution in [0.3, 0.4) is 0 Å². The Hall–Kier alpha value is -3.13. The number of aromatic nitrogens is 3. The quantitative estimate of drug-likeness (QED) is 0.651. The van der Waals surface area contributed by atoms with Crippen LogP contribution in [0.15, 0.2) is 30.6 Å². The molecule has 1 aliphatic heterocycles. The molecule has 0 unspecified atom stereocenters. The third-order valence-corrected chi connectivity index (χ3v) is 5.67. The summed E-state index contributed by atoms with van der Waals surface area (Å²) in [7, 11) is 0. The van der Waals surface area contributed by atoms with Crippen LogP contribution in [0.2, 0.25) is 5.02 Å². The zero-order chi connectivity index (χ0) is 21.6. The topological polar surface area (TPSA) is 102 Å². The Labute approximate surface area is 181 Å². The molecule has 1 saturated heterocycles. The smallest absolute Gasteiger partial charge is 0.339 e. The predicted octanol–water partition coefficient (Wildman–Crippen LogP) is 3.91. The van der Waals surface area contributed by atoms with Gasteiger partial charge in [0.05, 0.1) is 10.7 Å². The first kappa shape index (κ1) is 20.2. The summed E-state index contributed by atoms with van der Waals surface area (Å²) >= 11 is 6.11. The van der Waals surface area contributed by atoms with Crippen molar-refractivity contribution in [1.29, 1.82) is 0 Å². The number of pyridine rings is 2. The molecule has 0 radical (unpaired) electrons. The van der Waals surface area contributed by atoms with E-state index in [2.05, 4.69) is 9.97 Å². The maximum absolute atomic E-state index is 12.0. The molecule has 3 aromatic heterocycles. The summed E-state index contributed by atoms with van der Waals surface area (Å²) in [4.78, 5) is 39.7. The normalized spacial score (nSPS) is 19.3. The summed E-state index contributed by atoms with van der Waals surface area (Å²) < 4.78 is 0. The van der Waals surface area contributed by atoms with Crippen molar-refractivity contribution < 1.29 is 17.5 Å². The number of nitrogens with zero attached hydrogens (tertiary/aromatic N) is 4. The molecule has 160 valence electrons. The van der Waals surface area contributed by atoms with E-state index in [0.29, 0.717) is 35.3 Å². The van der Waals surface area contributed by atoms with E-state index in [0.717, 1.165) is 10.9 Å². The van der Waals surface area contributed by atoms with E-state index < -0.39 is 5.97 Å². The Kier molecular flexibility index (Phi) is 5.11. The van der Waals surface area contributed by atoms with Gasteiger partial charge in [0, 0.05) is 58.3 Å². The minimum Gasteiger partial charge on any atom is -0.478 e. The molecule has 4 rings (SSSR count). The highest BCUT2D eigenvalue weighted by Crippen LogP contribution is 2.32. The molecular formula is C21H26ClN5O3. The Morgan fingerprint density at radius 1 is 1.27 bits per heavy atom. The average Bonchev–Trinajstić information content (AvgIpc) is 3.09. The molecule has 3 aromatic rings. The summed E-state index contributed by atoms with van der Waals surface area (Å²) in [5, 5.41) is 11.1. The van der Waals surface area contributed by atoms with Gasteiger partial charge in [0.15, 0.2) is 0 Å². The lowest BCUT2D eigenvalue weighted by Crippen LogP contribution is -2.58. The first-order valence-electron chi connectivity index (χ1n) is 9.67. The molecule has 0 aromatic carbocycles. The third-order valence-electron chi connectivity index (χ3n) is 5.46. The SMILES string of the molecule is CC(=O)N1[C@H](C)CN(c2nc(-c3c[nH]c4ncc(Cl)cc34)ccc2C(=O)O)C[C@@H]1C.[HH].[HH]. The maximum Gasteiger partial charge on any atom is 0.339 e. The van der Waals surface area contributed by atoms with Gasteiger partial charge in [-0.05, 0) is 32.0 Å². The highest BCUT2D eigenvalue weighted by Gasteiger charge is 2.33. The van der Waals surface area contributed by atoms with Crippen LogP contribution in [-0.2, 0) is 4.79 Å². The van der Waals surface area contributed by atoms with Crippen molar-refractivity contribution in [3.8, 4) is 11.3 Å². The molecule has 0 saturated carbocycles. The van der Waals surface area contributed by atoms with E-state index in [1.807, 2.05) is 23.6 Å². The highest BCUT2D eigenvalue weighted by atomic mass is 35.5. The lowest BCUT2D eigenvalue weighted by atomic mass is 10.1. The molecule has 1 amide bonds. The van der Waals surface area contributed by atoms with Crippen molar-refractivity contribution in [1.82, 2.24) is 19.9 Å². The fourth-order valence-corrected chi connectivity index (χ4v) is 4.47. The number of carboxylic acids is 1. The second kappa shape index (κ2) is 7.60. The van der Waals surface area contributed by atoms with Crippen LogP contribution in [0.5, 0.6) is 0 Å². The number of hydrogen-bond acceptors (Lipinski definition) is 5. The number of carbonyl (C=O) groups excluding carboxylic acids is 1. The first-order chi connectivity index (χ1) is 14.3. The van der Waals surface area contributed by atoms with E-state index in [9.17, 15) is 14.7 Å². The Balaban J connectivity index is 0.00000181. The van der Waals surface area contributed by atoms with Gasteiger partial charge >= 0.3 is 5.97 Å². The fraction of sp³-hybridized carbons (Fsp3) is 0.333. The second-order valence-electron chi connectivity index (χ2n) is 7.65. The number of fused-ring (bicyclic) bond motifs is 1. The van der Waals surface area contributed by atoms with Gasteiger partial charge < -0.3 is 19.9 Å². The molecule has 0 bridgehead atoms. The standard InChI is InChI=1S/C21H22ClN5O3.2H2/c1-11-9-26(10-12(2)27(11)13(3)28)20-15(21(29)30)4-5-18(25-20)17-8-24-19-16(17)6-14(22)7-23-19;;/h4-8,11-12H,9-10H2,1-3H3,(H,23,24)(H,29,30);2*1H/t11-,12+;;. The molecule has 30 heavy (non-hydrogen) atoms. The van der Waals surface area contributed by atoms with Gasteiger partial charge in [0.1, 0.15) is 17.0 Å². The molecule has 2 N–H and O–H groups in total. The van der Waals surface area contributed by atoms with Crippen LogP contribution < -0.4 is 4.90 Å². The van der Waals surface area contributed by atoms with E-state index in [-0.39, 0.29) is 26.4 Å². The number of carbonyl (C=O) groups is 2. The molecule has 0 aliphatic carbocycles. The second-order valence-corrected chi connectivity index (χ2v) is 8.09. The van der Waals surface area contributed by atoms with Crippen LogP contribution in [0, 0.1) is 0 Å². The third kappa shape index (κ3) is 3.47. The van der Waals surface area contributed by atoms with Crippen molar-refractivity contribution in [2.75, 3.05) is 18.0 Å². The van der Waals surface area contributed by atoms with Gasteiger partial charge in [-0.2, -0.15) is 0 Å². The highest BCUT2D eigenvalue weighted by molar-refractivity contribution is 6.31. The molecule has 0 spiro atoms. The van der Waals surface area contributed by atoms with Gasteiger partial charge in [-0.1, -0.05) is 11.6 Å². The molecule has 9 heteroatoms. The Morgan fingerprint density at radius 3 is 2.60 bits per heavy atom. The molecule has 1 aliphatic rings. The Bertz CT molecular complexity index is 1140. The minimum absolute atomic E-state index is 0. The number of carboxylic acid groups (broad SMARTS) is 1. The van der Waals surface area contributed by atoms with Crippen LogP contribution in [0.25, 0.3) is 22.3 Å². The maximum atomic E-state index is 12.0. The van der Waals surface area contributed by atoms with Crippen LogP contribution in [0.1, 0.15) is 34.0 Å². The zero-order valence-corrected chi connectivity index (χ0v) is 17.6. The number of hydrogen-bond donors (Lipinski definition) is 2. The molecule has 2 atom stereocenters. The summed E-state index contributed by atoms with van der Waals surface area (Å²) in [6.07, 6.45) is 3.35. The lowest BCUT2D eigenvalue weighted by molar-refractivity contribution is -0.133. The zero-order valence-electron chi connectivity index (χ0n) is 16.9. The molecule has 1 fully saturated rings. The molecule has 4 heterocycles. The number of halogens is 1. The summed E-state index contributed by atoms with van der Waals surface area (Å²) in [5.41, 5.74) is 2.23. The first-order valence-corrected chi connectivity index (χ1v) is 10.0. The van der Waals surface area contributed by atoms with Gasteiger partial charge in [-0.3, -0.25) is 4.79 Å². The fourth-order valence-electron chi connectivity index (χ4n) is 4.31. The lowest BCUT2D eigenvalue weighted by Gasteiger charge is -2.44. The van der Waals surface area contributed by atoms with Crippen molar-refractivity contribution in [2.24, 2.45) is 0 Å². The van der Waals surface area contributed by atoms with Gasteiger partial charge in [-0.15, -0.1) is 0 Å². The Morgan fingerprint density at radius 2 is 1.97 bits per heavy atom. The average molecular weight is 432 g/mol. The van der Waals surface area contributed by atoms with E-state index in [1.165, 1.54) is 0 Å². The summed E-state index contributed by atoms with van der Waals surface area (Å²) in [6, 6.07) is 4.94. The number of H-pyrrole nitrogens is 1. The number of nitrogens with one attached hydrogen (secondary N) is 1. The largest absolute Gasteiger partial charge is 0.478 e. The van der Waals surface area contributed by atoms with Crippen molar-refractivity contribution in [3.05, 3.63) is 41.2 Å². The van der Waals surface area contributed by atoms with Crippen molar-refractivity contribution in [2.45, 2.75) is 32.9 Å². The number of aromatic carboxylic acids is 1. The number of rotatable bonds is 3. The van der Waals surface area contributed by atoms with Crippen LogP contribution >= 0.6 is 11.6 Å². The monoisotopic (exact) mass is 431 g/mol. The predicted molar refractivity (Wildman–Crippen MR) is 119 cm³/mol. The van der Waals surface area contributed by atoms with Gasteiger partial charge in [0.2, 0.25) is 5.91 Å². The van der Waals surface area contributed by atoms with Gasteiger partial charge in [-0.25, -0.2) is 14.8 Å². The van der Waals surface area contributed by atoms with Crippen molar-refractivity contribution in [3.63, 3.8) is 0 Å². The summed E-state index contributed by atoms with van der Waals surface area (Å²) in [6.45, 7) is 6.48. The molecule has 8 nitrogen and oxygen atoms in total. The van der Waals surface area contributed by atoms with Crippen LogP contribution in [-0.4, -0.2) is 62.0 Å². The number of amides is 1. The van der Waals surface area contributed by atoms with Crippen LogP contribution in [0.4, 0.5) is 5.82 Å². The molecular weight excluding hydrogens is 406 g/mol. The summed E-state index contributed by atoms with van der Waals surface area (Å²) in [5.74, 6) is -0.633. The minimum atomic E-state index is -1.04. The van der Waals surface area contributed by atoms with Crippen molar-refractivity contribution >= 4 is 40.3 Å². The number of anilines is 1. The number of piperazine rings is 1. The van der Waals surface area contributed by atoms with Gasteiger partial charge in [0.25, 0.3) is 0 Å². The number of aromatic amines is 1. The van der Waals surface area contributed by atoms with E-state index >= 15 is 0 Å². The van der Waals surface area contributed by atoms with E-state index in [1.54, 1.807) is 37.5 Å². The van der Waals surface area contributed by atoms with E-state index in [4.69, 9.17) is 16.6 Å².